The summed E-state index contributed by atoms with van der Waals surface area (Å²) in [4.78, 5) is 35.2. The Morgan fingerprint density at radius 1 is 1.16 bits per heavy atom. The second-order valence-electron chi connectivity index (χ2n) is 8.35. The van der Waals surface area contributed by atoms with E-state index in [1.165, 1.54) is 13.4 Å². The van der Waals surface area contributed by atoms with E-state index in [1.807, 2.05) is 37.3 Å². The van der Waals surface area contributed by atoms with Gasteiger partial charge in [-0.05, 0) is 24.1 Å². The number of Topliss-reactive ketones (excluding diaryl/α,β-unsaturated/α-hetero) is 1. The number of hydrogen-bond acceptors (Lipinski definition) is 10. The molecule has 1 atom stereocenters. The Kier molecular flexibility index (Phi) is 8.70. The number of aromatic nitrogens is 4. The number of ketones is 1. The molecule has 2 aromatic carbocycles. The monoisotopic (exact) mass is 541 g/mol. The number of methoxy groups -OCH3 is 1. The number of nitrogens with two attached hydrogens (primary N) is 1. The number of carbonyl (C=O) groups is 1. The van der Waals surface area contributed by atoms with Crippen LogP contribution in [0.2, 0.25) is 0 Å². The number of hydrogen-bond donors (Lipinski definition) is 2. The van der Waals surface area contributed by atoms with Gasteiger partial charge < -0.3 is 24.3 Å². The molecule has 12 nitrogen and oxygen atoms in total. The number of H-pyrrole nitrogens is 1. The van der Waals surface area contributed by atoms with Crippen molar-refractivity contribution in [1.82, 2.24) is 19.5 Å². The SMILES string of the molecule is COc1cc(C(=O)COP(=O)(COCCn2cnc3c(=O)[nH]c(N)nc32)OCc2ccccc2)ccc1C. The molecule has 2 heterocycles. The number of aryl methyl sites for hydroxylation is 1. The summed E-state index contributed by atoms with van der Waals surface area (Å²) in [5.74, 6) is 0.145. The van der Waals surface area contributed by atoms with E-state index in [0.29, 0.717) is 17.0 Å². The van der Waals surface area contributed by atoms with E-state index in [4.69, 9.17) is 24.3 Å². The summed E-state index contributed by atoms with van der Waals surface area (Å²) in [7, 11) is -2.33. The van der Waals surface area contributed by atoms with Crippen molar-refractivity contribution in [1.29, 1.82) is 0 Å². The Morgan fingerprint density at radius 3 is 2.71 bits per heavy atom. The third kappa shape index (κ3) is 6.73. The molecule has 200 valence electrons. The lowest BCUT2D eigenvalue weighted by Gasteiger charge is -2.19. The van der Waals surface area contributed by atoms with Gasteiger partial charge in [-0.15, -0.1) is 0 Å². The van der Waals surface area contributed by atoms with Gasteiger partial charge in [0.2, 0.25) is 5.95 Å². The van der Waals surface area contributed by atoms with Crippen LogP contribution in [0.3, 0.4) is 0 Å². The molecule has 0 saturated carbocycles. The van der Waals surface area contributed by atoms with Crippen LogP contribution in [-0.2, 0) is 31.5 Å². The van der Waals surface area contributed by atoms with Crippen molar-refractivity contribution in [3.63, 3.8) is 0 Å². The van der Waals surface area contributed by atoms with Gasteiger partial charge in [-0.1, -0.05) is 42.5 Å². The van der Waals surface area contributed by atoms with Gasteiger partial charge in [0.15, 0.2) is 16.9 Å². The minimum absolute atomic E-state index is 0.00611. The number of benzene rings is 2. The zero-order valence-electron chi connectivity index (χ0n) is 21.0. The summed E-state index contributed by atoms with van der Waals surface area (Å²) in [6, 6.07) is 14.2. The van der Waals surface area contributed by atoms with Crippen molar-refractivity contribution in [2.75, 3.05) is 32.4 Å². The molecule has 0 amide bonds. The third-order valence-electron chi connectivity index (χ3n) is 5.61. The number of ether oxygens (including phenoxy) is 2. The normalized spacial score (nSPS) is 12.9. The Bertz CT molecular complexity index is 1520. The summed E-state index contributed by atoms with van der Waals surface area (Å²) >= 11 is 0. The molecule has 0 spiro atoms. The molecular formula is C25H28N5O7P. The van der Waals surface area contributed by atoms with Crippen molar-refractivity contribution in [2.45, 2.75) is 20.1 Å². The van der Waals surface area contributed by atoms with Crippen LogP contribution < -0.4 is 16.0 Å². The first-order valence-corrected chi connectivity index (χ1v) is 13.4. The van der Waals surface area contributed by atoms with Crippen molar-refractivity contribution in [3.8, 4) is 5.75 Å². The van der Waals surface area contributed by atoms with E-state index in [2.05, 4.69) is 15.0 Å². The predicted molar refractivity (Wildman–Crippen MR) is 140 cm³/mol. The van der Waals surface area contributed by atoms with Gasteiger partial charge in [-0.2, -0.15) is 4.98 Å². The van der Waals surface area contributed by atoms with Crippen LogP contribution in [-0.4, -0.2) is 52.0 Å². The van der Waals surface area contributed by atoms with Crippen LogP contribution in [0.5, 0.6) is 5.75 Å². The van der Waals surface area contributed by atoms with E-state index in [-0.39, 0.29) is 37.0 Å². The van der Waals surface area contributed by atoms with E-state index in [0.717, 1.165) is 11.1 Å². The fourth-order valence-electron chi connectivity index (χ4n) is 3.57. The Morgan fingerprint density at radius 2 is 1.95 bits per heavy atom. The lowest BCUT2D eigenvalue weighted by atomic mass is 10.1. The molecule has 0 bridgehead atoms. The van der Waals surface area contributed by atoms with Crippen molar-refractivity contribution in [3.05, 3.63) is 81.9 Å². The minimum Gasteiger partial charge on any atom is -0.496 e. The highest BCUT2D eigenvalue weighted by Gasteiger charge is 2.27. The van der Waals surface area contributed by atoms with Gasteiger partial charge in [-0.25, -0.2) is 4.98 Å². The van der Waals surface area contributed by atoms with Gasteiger partial charge in [0.05, 0.1) is 26.7 Å². The molecule has 3 N–H and O–H groups in total. The lowest BCUT2D eigenvalue weighted by Crippen LogP contribution is -2.14. The van der Waals surface area contributed by atoms with E-state index >= 15 is 0 Å². The van der Waals surface area contributed by atoms with Gasteiger partial charge in [0.25, 0.3) is 5.56 Å². The topological polar surface area (TPSA) is 161 Å². The van der Waals surface area contributed by atoms with Gasteiger partial charge in [0.1, 0.15) is 18.7 Å². The number of nitrogens with zero attached hydrogens (tertiary/aromatic N) is 3. The van der Waals surface area contributed by atoms with Crippen molar-refractivity contribution < 1.29 is 27.9 Å². The van der Waals surface area contributed by atoms with Gasteiger partial charge >= 0.3 is 7.60 Å². The summed E-state index contributed by atoms with van der Waals surface area (Å²) in [6.45, 7) is 1.71. The highest BCUT2D eigenvalue weighted by molar-refractivity contribution is 7.53. The summed E-state index contributed by atoms with van der Waals surface area (Å²) < 4.78 is 37.2. The molecular weight excluding hydrogens is 513 g/mol. The standard InChI is InChI=1S/C25H28N5O7P/c1-17-8-9-19(12-21(17)34-2)20(31)14-37-38(33,36-13-18-6-4-3-5-7-18)16-35-11-10-30-15-27-22-23(30)28-25(26)29-24(22)32/h3-9,12,15H,10-11,13-14,16H2,1-2H3,(H3,26,28,29,32). The quantitative estimate of drug-likeness (QED) is 0.146. The zero-order chi connectivity index (χ0) is 27.1. The molecule has 38 heavy (non-hydrogen) atoms. The summed E-state index contributed by atoms with van der Waals surface area (Å²) in [5.41, 5.74) is 7.64. The lowest BCUT2D eigenvalue weighted by molar-refractivity contribution is 0.0855. The van der Waals surface area contributed by atoms with E-state index in [9.17, 15) is 14.2 Å². The highest BCUT2D eigenvalue weighted by atomic mass is 31.2. The number of imidazole rings is 1. The second-order valence-corrected chi connectivity index (χ2v) is 10.3. The largest absolute Gasteiger partial charge is 0.496 e. The Hall–Kier alpha value is -3.83. The zero-order valence-corrected chi connectivity index (χ0v) is 21.9. The Labute approximate surface area is 218 Å². The maximum absolute atomic E-state index is 13.5. The molecule has 0 radical (unpaired) electrons. The molecule has 0 aliphatic rings. The molecule has 4 aromatic rings. The van der Waals surface area contributed by atoms with Crippen LogP contribution in [0.15, 0.2) is 59.7 Å². The van der Waals surface area contributed by atoms with Crippen molar-refractivity contribution in [2.24, 2.45) is 0 Å². The average Bonchev–Trinajstić information content (AvgIpc) is 3.32. The van der Waals surface area contributed by atoms with Gasteiger partial charge in [0, 0.05) is 12.1 Å². The molecule has 1 unspecified atom stereocenters. The van der Waals surface area contributed by atoms with Crippen LogP contribution in [0.1, 0.15) is 21.5 Å². The van der Waals surface area contributed by atoms with Crippen molar-refractivity contribution >= 4 is 30.5 Å². The number of nitrogens with one attached hydrogen (secondary N) is 1. The molecule has 13 heteroatoms. The molecule has 4 rings (SSSR count). The Balaban J connectivity index is 1.40. The number of aromatic amines is 1. The highest BCUT2D eigenvalue weighted by Crippen LogP contribution is 2.49. The molecule has 0 aliphatic carbocycles. The van der Waals surface area contributed by atoms with E-state index < -0.39 is 26.1 Å². The molecule has 0 fully saturated rings. The fourth-order valence-corrected chi connectivity index (χ4v) is 4.80. The molecule has 0 aliphatic heterocycles. The number of rotatable bonds is 13. The fraction of sp³-hybridized carbons (Fsp3) is 0.280. The van der Waals surface area contributed by atoms with Crippen LogP contribution in [0, 0.1) is 6.92 Å². The average molecular weight is 542 g/mol. The van der Waals surface area contributed by atoms with Crippen LogP contribution in [0.25, 0.3) is 11.2 Å². The number of carbonyl (C=O) groups excluding carboxylic acids is 1. The smallest absolute Gasteiger partial charge is 0.356 e. The third-order valence-corrected chi connectivity index (χ3v) is 7.16. The first-order chi connectivity index (χ1) is 18.3. The maximum Gasteiger partial charge on any atom is 0.356 e. The second kappa shape index (κ2) is 12.1. The first kappa shape index (κ1) is 27.2. The van der Waals surface area contributed by atoms with E-state index in [1.54, 1.807) is 22.8 Å². The van der Waals surface area contributed by atoms with Gasteiger partial charge in [-0.3, -0.25) is 23.7 Å². The number of nitrogen functional groups attached to an aromatic ring is 1. The maximum atomic E-state index is 13.5. The number of anilines is 1. The minimum atomic E-state index is -3.85. The van der Waals surface area contributed by atoms with Crippen LogP contribution in [0.4, 0.5) is 5.95 Å². The molecule has 0 saturated heterocycles. The summed E-state index contributed by atoms with van der Waals surface area (Å²) in [5, 5.41) is 0. The first-order valence-electron chi connectivity index (χ1n) is 11.7. The number of fused-ring (bicyclic) bond motifs is 1. The predicted octanol–water partition coefficient (Wildman–Crippen LogP) is 3.30. The molecule has 2 aromatic heterocycles. The summed E-state index contributed by atoms with van der Waals surface area (Å²) in [6.07, 6.45) is 1.04. The van der Waals surface area contributed by atoms with Crippen LogP contribution >= 0.6 is 7.60 Å².